The number of hydrogen-bond acceptors (Lipinski definition) is 8. The van der Waals surface area contributed by atoms with Crippen molar-refractivity contribution in [2.75, 3.05) is 13.1 Å². The SMILES string of the molecule is O=C(CC[C@@H](C(=O)N1[C@H](C(=O)NCCc2ccccc2)CCCN1C(=O)OCc1ccccc1)N1C(=O)c2ccccc2C1=O)OCc1ccccc1. The molecule has 1 fully saturated rings. The van der Waals surface area contributed by atoms with E-state index in [2.05, 4.69) is 5.32 Å². The summed E-state index contributed by atoms with van der Waals surface area (Å²) in [5.74, 6) is -3.49. The highest BCUT2D eigenvalue weighted by atomic mass is 16.6. The lowest BCUT2D eigenvalue weighted by Crippen LogP contribution is -2.65. The first-order valence-corrected chi connectivity index (χ1v) is 17.6. The molecule has 4 aromatic carbocycles. The van der Waals surface area contributed by atoms with E-state index in [1.54, 1.807) is 48.5 Å². The van der Waals surface area contributed by atoms with Crippen molar-refractivity contribution in [1.29, 1.82) is 0 Å². The van der Waals surface area contributed by atoms with Gasteiger partial charge in [0, 0.05) is 19.5 Å². The first kappa shape index (κ1) is 36.5. The van der Waals surface area contributed by atoms with Gasteiger partial charge in [-0.05, 0) is 54.5 Å². The van der Waals surface area contributed by atoms with E-state index in [0.29, 0.717) is 18.4 Å². The molecule has 2 aliphatic rings. The Morgan fingerprint density at radius 3 is 1.81 bits per heavy atom. The number of benzene rings is 4. The zero-order valence-electron chi connectivity index (χ0n) is 29.1. The second-order valence-corrected chi connectivity index (χ2v) is 12.8. The molecule has 6 rings (SSSR count). The predicted molar refractivity (Wildman–Crippen MR) is 193 cm³/mol. The summed E-state index contributed by atoms with van der Waals surface area (Å²) in [7, 11) is 0. The number of hydrogen-bond donors (Lipinski definition) is 1. The smallest absolute Gasteiger partial charge is 0.429 e. The van der Waals surface area contributed by atoms with E-state index in [1.165, 1.54) is 12.1 Å². The van der Waals surface area contributed by atoms with Gasteiger partial charge in [0.05, 0.1) is 11.1 Å². The van der Waals surface area contributed by atoms with Gasteiger partial charge in [-0.15, -0.1) is 0 Å². The van der Waals surface area contributed by atoms with Gasteiger partial charge in [0.2, 0.25) is 5.91 Å². The van der Waals surface area contributed by atoms with Crippen molar-refractivity contribution in [3.05, 3.63) is 143 Å². The summed E-state index contributed by atoms with van der Waals surface area (Å²) in [5.41, 5.74) is 2.68. The number of nitrogens with one attached hydrogen (secondary N) is 1. The molecule has 0 unspecified atom stereocenters. The van der Waals surface area contributed by atoms with Crippen LogP contribution in [0.15, 0.2) is 115 Å². The van der Waals surface area contributed by atoms with E-state index in [4.69, 9.17) is 9.47 Å². The Hall–Kier alpha value is -6.30. The molecule has 2 atom stereocenters. The molecule has 0 radical (unpaired) electrons. The summed E-state index contributed by atoms with van der Waals surface area (Å²) >= 11 is 0. The largest absolute Gasteiger partial charge is 0.461 e. The standard InChI is InChI=1S/C41H40N4O8/c46-36(52-27-30-15-6-2-7-16-30)23-22-35(44-38(48)32-19-10-11-20-33(32)39(44)49)40(50)45-34(37(47)42-25-24-29-13-4-1-5-14-29)21-12-26-43(45)41(51)53-28-31-17-8-3-9-18-31/h1-11,13-20,34-35H,12,21-28H2,(H,42,47)/t34-,35-/m0/s1. The summed E-state index contributed by atoms with van der Waals surface area (Å²) in [6.07, 6.45) is -0.448. The van der Waals surface area contributed by atoms with Crippen LogP contribution in [0.2, 0.25) is 0 Å². The quantitative estimate of drug-likeness (QED) is 0.149. The Kier molecular flexibility index (Phi) is 11.9. The topological polar surface area (TPSA) is 143 Å². The van der Waals surface area contributed by atoms with Crippen LogP contribution in [0.3, 0.4) is 0 Å². The minimum Gasteiger partial charge on any atom is -0.461 e. The van der Waals surface area contributed by atoms with E-state index >= 15 is 0 Å². The third kappa shape index (κ3) is 8.78. The zero-order chi connectivity index (χ0) is 37.2. The average Bonchev–Trinajstić information content (AvgIpc) is 3.45. The fraction of sp³-hybridized carbons (Fsp3) is 0.268. The Balaban J connectivity index is 1.28. The molecule has 1 saturated heterocycles. The minimum atomic E-state index is -1.56. The van der Waals surface area contributed by atoms with Crippen LogP contribution in [-0.2, 0) is 43.5 Å². The summed E-state index contributed by atoms with van der Waals surface area (Å²) < 4.78 is 11.1. The molecular weight excluding hydrogens is 676 g/mol. The normalized spacial score (nSPS) is 15.8. The lowest BCUT2D eigenvalue weighted by atomic mass is 10.0. The number of nitrogens with zero attached hydrogens (tertiary/aromatic N) is 3. The van der Waals surface area contributed by atoms with Crippen LogP contribution in [0.4, 0.5) is 4.79 Å². The van der Waals surface area contributed by atoms with Gasteiger partial charge < -0.3 is 14.8 Å². The third-order valence-electron chi connectivity index (χ3n) is 9.19. The second kappa shape index (κ2) is 17.3. The second-order valence-electron chi connectivity index (χ2n) is 12.8. The highest BCUT2D eigenvalue weighted by Gasteiger charge is 2.49. The maximum atomic E-state index is 14.9. The van der Waals surface area contributed by atoms with E-state index in [9.17, 15) is 28.8 Å². The fourth-order valence-electron chi connectivity index (χ4n) is 6.48. The van der Waals surface area contributed by atoms with E-state index in [0.717, 1.165) is 26.0 Å². The summed E-state index contributed by atoms with van der Waals surface area (Å²) in [4.78, 5) is 84.0. The summed E-state index contributed by atoms with van der Waals surface area (Å²) in [5, 5.41) is 4.97. The number of carbonyl (C=O) groups excluding carboxylic acids is 6. The highest BCUT2D eigenvalue weighted by Crippen LogP contribution is 2.30. The molecule has 12 nitrogen and oxygen atoms in total. The van der Waals surface area contributed by atoms with Crippen LogP contribution < -0.4 is 5.32 Å². The molecule has 2 aliphatic heterocycles. The molecule has 0 saturated carbocycles. The molecule has 0 aliphatic carbocycles. The molecule has 0 bridgehead atoms. The maximum Gasteiger partial charge on any atom is 0.429 e. The van der Waals surface area contributed by atoms with E-state index < -0.39 is 47.8 Å². The van der Waals surface area contributed by atoms with Gasteiger partial charge in [0.25, 0.3) is 17.7 Å². The maximum absolute atomic E-state index is 14.9. The van der Waals surface area contributed by atoms with Gasteiger partial charge in [-0.2, -0.15) is 0 Å². The van der Waals surface area contributed by atoms with Crippen LogP contribution in [0.25, 0.3) is 0 Å². The molecule has 12 heteroatoms. The van der Waals surface area contributed by atoms with Crippen molar-refractivity contribution in [2.24, 2.45) is 0 Å². The van der Waals surface area contributed by atoms with Crippen molar-refractivity contribution < 1.29 is 38.2 Å². The molecule has 272 valence electrons. The zero-order valence-corrected chi connectivity index (χ0v) is 29.1. The molecular formula is C41H40N4O8. The highest BCUT2D eigenvalue weighted by molar-refractivity contribution is 6.23. The summed E-state index contributed by atoms with van der Waals surface area (Å²) in [6.45, 7) is 0.182. The first-order valence-electron chi connectivity index (χ1n) is 17.6. The molecule has 0 spiro atoms. The van der Waals surface area contributed by atoms with Crippen LogP contribution in [-0.4, -0.2) is 75.8 Å². The Bertz CT molecular complexity index is 1900. The molecule has 53 heavy (non-hydrogen) atoms. The van der Waals surface area contributed by atoms with Gasteiger partial charge in [-0.3, -0.25) is 28.9 Å². The van der Waals surface area contributed by atoms with Crippen LogP contribution in [0.5, 0.6) is 0 Å². The van der Waals surface area contributed by atoms with Crippen molar-refractivity contribution in [3.8, 4) is 0 Å². The van der Waals surface area contributed by atoms with Gasteiger partial charge >= 0.3 is 12.1 Å². The Morgan fingerprint density at radius 2 is 1.23 bits per heavy atom. The lowest BCUT2D eigenvalue weighted by molar-refractivity contribution is -0.167. The Labute approximate surface area is 307 Å². The van der Waals surface area contributed by atoms with Crippen molar-refractivity contribution in [2.45, 2.75) is 57.4 Å². The number of ether oxygens (including phenoxy) is 2. The average molecular weight is 717 g/mol. The summed E-state index contributed by atoms with van der Waals surface area (Å²) in [6, 6.07) is 31.0. The molecule has 1 N–H and O–H groups in total. The van der Waals surface area contributed by atoms with E-state index in [-0.39, 0.29) is 56.7 Å². The van der Waals surface area contributed by atoms with Gasteiger partial charge in [-0.25, -0.2) is 14.8 Å². The number of esters is 1. The minimum absolute atomic E-state index is 0.0102. The van der Waals surface area contributed by atoms with Crippen LogP contribution >= 0.6 is 0 Å². The van der Waals surface area contributed by atoms with Gasteiger partial charge in [-0.1, -0.05) is 103 Å². The monoisotopic (exact) mass is 716 g/mol. The number of imide groups is 1. The number of fused-ring (bicyclic) bond motifs is 1. The first-order chi connectivity index (χ1) is 25.8. The Morgan fingerprint density at radius 1 is 0.698 bits per heavy atom. The predicted octanol–water partition coefficient (Wildman–Crippen LogP) is 5.08. The van der Waals surface area contributed by atoms with E-state index in [1.807, 2.05) is 54.6 Å². The molecule has 4 aromatic rings. The van der Waals surface area contributed by atoms with Crippen LogP contribution in [0, 0.1) is 0 Å². The molecule has 5 amide bonds. The lowest BCUT2D eigenvalue weighted by Gasteiger charge is -2.44. The van der Waals surface area contributed by atoms with Crippen LogP contribution in [0.1, 0.15) is 63.1 Å². The van der Waals surface area contributed by atoms with Crippen molar-refractivity contribution in [3.63, 3.8) is 0 Å². The number of rotatable bonds is 13. The van der Waals surface area contributed by atoms with Crippen molar-refractivity contribution >= 4 is 35.7 Å². The number of hydrazine groups is 1. The van der Waals surface area contributed by atoms with Crippen molar-refractivity contribution in [1.82, 2.24) is 20.2 Å². The van der Waals surface area contributed by atoms with Gasteiger partial charge in [0.1, 0.15) is 25.3 Å². The molecule has 0 aromatic heterocycles. The fourth-order valence-corrected chi connectivity index (χ4v) is 6.48. The molecule has 2 heterocycles. The van der Waals surface area contributed by atoms with Gasteiger partial charge in [0.15, 0.2) is 0 Å². The number of amides is 5. The number of carbonyl (C=O) groups is 6. The third-order valence-corrected chi connectivity index (χ3v) is 9.19.